The molecular weight excluding hydrogens is 423 g/mol. The largest absolute Gasteiger partial charge is 0.478 e. The van der Waals surface area contributed by atoms with Gasteiger partial charge in [0.1, 0.15) is 13.2 Å². The van der Waals surface area contributed by atoms with Gasteiger partial charge in [0, 0.05) is 6.54 Å². The lowest BCUT2D eigenvalue weighted by Crippen LogP contribution is -2.40. The van der Waals surface area contributed by atoms with Gasteiger partial charge in [0.2, 0.25) is 5.91 Å². The van der Waals surface area contributed by atoms with Crippen LogP contribution in [0.1, 0.15) is 19.4 Å². The zero-order valence-electron chi connectivity index (χ0n) is 15.3. The van der Waals surface area contributed by atoms with Crippen LogP contribution in [-0.2, 0) is 9.59 Å². The third kappa shape index (κ3) is 5.68. The lowest BCUT2D eigenvalue weighted by atomic mass is 10.2. The van der Waals surface area contributed by atoms with Crippen molar-refractivity contribution in [2.75, 3.05) is 19.7 Å². The quantitative estimate of drug-likeness (QED) is 0.515. The average molecular weight is 441 g/mol. The predicted molar refractivity (Wildman–Crippen MR) is 111 cm³/mol. The van der Waals surface area contributed by atoms with Crippen molar-refractivity contribution in [2.24, 2.45) is 5.92 Å². The highest BCUT2D eigenvalue weighted by molar-refractivity contribution is 8.18. The molecule has 0 bridgehead atoms. The van der Waals surface area contributed by atoms with Gasteiger partial charge in [-0.3, -0.25) is 19.3 Å². The Morgan fingerprint density at radius 3 is 2.57 bits per heavy atom. The summed E-state index contributed by atoms with van der Waals surface area (Å²) in [6, 6.07) is 3.09. The predicted octanol–water partition coefficient (Wildman–Crippen LogP) is 3.81. The molecule has 1 aliphatic rings. The van der Waals surface area contributed by atoms with Crippen molar-refractivity contribution < 1.29 is 19.1 Å². The summed E-state index contributed by atoms with van der Waals surface area (Å²) in [6.45, 7) is 4.05. The van der Waals surface area contributed by atoms with Crippen LogP contribution < -0.4 is 10.1 Å². The smallest absolute Gasteiger partial charge is 0.294 e. The summed E-state index contributed by atoms with van der Waals surface area (Å²) in [5, 5.41) is 2.61. The second-order valence-electron chi connectivity index (χ2n) is 6.27. The molecule has 28 heavy (non-hydrogen) atoms. The molecule has 1 fully saturated rings. The highest BCUT2D eigenvalue weighted by Crippen LogP contribution is 2.37. The SMILES string of the molecule is C#CCOc1c(Cl)cc(/C=C2\SC(=O)N(CC(=O)NCC(C)C)C2=O)cc1Cl. The summed E-state index contributed by atoms with van der Waals surface area (Å²) >= 11 is 13.0. The topological polar surface area (TPSA) is 75.7 Å². The van der Waals surface area contributed by atoms with Crippen LogP contribution in [0.25, 0.3) is 6.08 Å². The number of imide groups is 1. The minimum absolute atomic E-state index is 0.0105. The summed E-state index contributed by atoms with van der Waals surface area (Å²) in [5.74, 6) is 1.89. The molecule has 0 saturated carbocycles. The third-order valence-electron chi connectivity index (χ3n) is 3.50. The zero-order valence-corrected chi connectivity index (χ0v) is 17.6. The minimum Gasteiger partial charge on any atom is -0.478 e. The first-order valence-electron chi connectivity index (χ1n) is 8.30. The van der Waals surface area contributed by atoms with E-state index >= 15 is 0 Å². The lowest BCUT2D eigenvalue weighted by molar-refractivity contribution is -0.129. The van der Waals surface area contributed by atoms with E-state index in [1.54, 1.807) is 12.1 Å². The van der Waals surface area contributed by atoms with E-state index in [0.29, 0.717) is 12.1 Å². The Hall–Kier alpha value is -2.14. The van der Waals surface area contributed by atoms with Gasteiger partial charge in [-0.05, 0) is 41.5 Å². The van der Waals surface area contributed by atoms with Crippen molar-refractivity contribution >= 4 is 58.1 Å². The van der Waals surface area contributed by atoms with Crippen molar-refractivity contribution in [3.63, 3.8) is 0 Å². The fourth-order valence-corrected chi connectivity index (χ4v) is 3.67. The molecular formula is C19H18Cl2N2O4S. The maximum atomic E-state index is 12.5. The minimum atomic E-state index is -0.547. The fraction of sp³-hybridized carbons (Fsp3) is 0.316. The van der Waals surface area contributed by atoms with E-state index in [-0.39, 0.29) is 39.8 Å². The van der Waals surface area contributed by atoms with Crippen LogP contribution in [0.3, 0.4) is 0 Å². The lowest BCUT2D eigenvalue weighted by Gasteiger charge is -2.13. The maximum absolute atomic E-state index is 12.5. The third-order valence-corrected chi connectivity index (χ3v) is 4.97. The summed E-state index contributed by atoms with van der Waals surface area (Å²) in [5.41, 5.74) is 0.512. The summed E-state index contributed by atoms with van der Waals surface area (Å²) in [4.78, 5) is 37.6. The van der Waals surface area contributed by atoms with E-state index in [0.717, 1.165) is 16.7 Å². The number of nitrogens with one attached hydrogen (secondary N) is 1. The molecule has 0 aromatic heterocycles. The number of nitrogens with zero attached hydrogens (tertiary/aromatic N) is 1. The highest BCUT2D eigenvalue weighted by atomic mass is 35.5. The maximum Gasteiger partial charge on any atom is 0.294 e. The normalized spacial score (nSPS) is 15.3. The molecule has 1 N–H and O–H groups in total. The molecule has 1 aromatic rings. The first-order valence-corrected chi connectivity index (χ1v) is 9.87. The van der Waals surface area contributed by atoms with Crippen LogP contribution in [-0.4, -0.2) is 41.6 Å². The number of thioether (sulfide) groups is 1. The molecule has 0 aliphatic carbocycles. The number of halogens is 2. The van der Waals surface area contributed by atoms with Crippen molar-refractivity contribution in [3.8, 4) is 18.1 Å². The molecule has 0 atom stereocenters. The summed E-state index contributed by atoms with van der Waals surface area (Å²) < 4.78 is 5.28. The fourth-order valence-electron chi connectivity index (χ4n) is 2.22. The number of carbonyl (C=O) groups excluding carboxylic acids is 3. The molecule has 148 valence electrons. The van der Waals surface area contributed by atoms with E-state index < -0.39 is 17.1 Å². The molecule has 3 amide bonds. The van der Waals surface area contributed by atoms with Crippen LogP contribution >= 0.6 is 35.0 Å². The Morgan fingerprint density at radius 1 is 1.36 bits per heavy atom. The van der Waals surface area contributed by atoms with Crippen molar-refractivity contribution in [3.05, 3.63) is 32.6 Å². The van der Waals surface area contributed by atoms with E-state index in [4.69, 9.17) is 34.4 Å². The number of benzene rings is 1. The van der Waals surface area contributed by atoms with Gasteiger partial charge in [0.25, 0.3) is 11.1 Å². The van der Waals surface area contributed by atoms with Crippen LogP contribution in [0.2, 0.25) is 10.0 Å². The van der Waals surface area contributed by atoms with E-state index in [1.807, 2.05) is 13.8 Å². The number of terminal acetylenes is 1. The second kappa shape index (κ2) is 9.87. The Bertz CT molecular complexity index is 854. The standard InChI is InChI=1S/C19H18Cl2N2O4S/c1-4-5-27-17-13(20)6-12(7-14(17)21)8-15-18(25)23(19(26)28-15)10-16(24)22-9-11(2)3/h1,6-8,11H,5,9-10H2,2-3H3,(H,22,24)/b15-8-. The van der Waals surface area contributed by atoms with Crippen molar-refractivity contribution in [2.45, 2.75) is 13.8 Å². The van der Waals surface area contributed by atoms with Crippen LogP contribution in [0.5, 0.6) is 5.75 Å². The molecule has 1 aliphatic heterocycles. The Morgan fingerprint density at radius 2 is 2.00 bits per heavy atom. The Balaban J connectivity index is 2.15. The van der Waals surface area contributed by atoms with Crippen molar-refractivity contribution in [1.29, 1.82) is 0 Å². The van der Waals surface area contributed by atoms with E-state index in [9.17, 15) is 14.4 Å². The summed E-state index contributed by atoms with van der Waals surface area (Å²) in [7, 11) is 0. The van der Waals surface area contributed by atoms with E-state index in [2.05, 4.69) is 11.2 Å². The van der Waals surface area contributed by atoms with Gasteiger partial charge in [0.05, 0.1) is 15.0 Å². The van der Waals surface area contributed by atoms with Gasteiger partial charge in [-0.25, -0.2) is 0 Å². The van der Waals surface area contributed by atoms with Crippen LogP contribution in [0, 0.1) is 18.3 Å². The van der Waals surface area contributed by atoms with Gasteiger partial charge >= 0.3 is 0 Å². The number of hydrogen-bond donors (Lipinski definition) is 1. The van der Waals surface area contributed by atoms with Crippen LogP contribution in [0.15, 0.2) is 17.0 Å². The van der Waals surface area contributed by atoms with E-state index in [1.165, 1.54) is 6.08 Å². The van der Waals surface area contributed by atoms with Gasteiger partial charge < -0.3 is 10.1 Å². The molecule has 6 nitrogen and oxygen atoms in total. The van der Waals surface area contributed by atoms with Gasteiger partial charge in [0.15, 0.2) is 5.75 Å². The number of carbonyl (C=O) groups is 3. The molecule has 9 heteroatoms. The highest BCUT2D eigenvalue weighted by Gasteiger charge is 2.36. The molecule has 1 heterocycles. The molecule has 0 unspecified atom stereocenters. The Labute approximate surface area is 177 Å². The number of rotatable bonds is 7. The van der Waals surface area contributed by atoms with Gasteiger partial charge in [-0.2, -0.15) is 0 Å². The number of amides is 3. The average Bonchev–Trinajstić information content (AvgIpc) is 2.87. The molecule has 2 rings (SSSR count). The molecule has 1 saturated heterocycles. The molecule has 1 aromatic carbocycles. The number of hydrogen-bond acceptors (Lipinski definition) is 5. The second-order valence-corrected chi connectivity index (χ2v) is 8.08. The Kier molecular flexibility index (Phi) is 7.81. The van der Waals surface area contributed by atoms with Crippen LogP contribution in [0.4, 0.5) is 4.79 Å². The van der Waals surface area contributed by atoms with Crippen molar-refractivity contribution in [1.82, 2.24) is 10.2 Å². The summed E-state index contributed by atoms with van der Waals surface area (Å²) in [6.07, 6.45) is 6.63. The molecule has 0 radical (unpaired) electrons. The zero-order chi connectivity index (χ0) is 20.8. The first kappa shape index (κ1) is 22.2. The molecule has 0 spiro atoms. The first-order chi connectivity index (χ1) is 13.2. The van der Waals surface area contributed by atoms with Gasteiger partial charge in [-0.1, -0.05) is 43.0 Å². The number of ether oxygens (including phenoxy) is 1. The van der Waals surface area contributed by atoms with Gasteiger partial charge in [-0.15, -0.1) is 6.42 Å². The monoisotopic (exact) mass is 440 g/mol.